The molecular weight excluding hydrogens is 226 g/mol. The molecule has 3 rings (SSSR count). The summed E-state index contributed by atoms with van der Waals surface area (Å²) in [6.45, 7) is 3.12. The summed E-state index contributed by atoms with van der Waals surface area (Å²) in [6, 6.07) is 8.45. The first-order valence-corrected chi connectivity index (χ1v) is 6.49. The number of likely N-dealkylation sites (tertiary alicyclic amines) is 1. The van der Waals surface area contributed by atoms with Gasteiger partial charge in [-0.2, -0.15) is 0 Å². The lowest BCUT2D eigenvalue weighted by Crippen LogP contribution is -2.26. The van der Waals surface area contributed by atoms with Crippen LogP contribution in [-0.4, -0.2) is 35.6 Å². The molecule has 2 aromatic rings. The quantitative estimate of drug-likeness (QED) is 0.806. The summed E-state index contributed by atoms with van der Waals surface area (Å²) in [5, 5.41) is 1.34. The van der Waals surface area contributed by atoms with Crippen LogP contribution in [0.4, 0.5) is 0 Å². The van der Waals surface area contributed by atoms with Crippen molar-refractivity contribution in [2.75, 3.05) is 19.6 Å². The summed E-state index contributed by atoms with van der Waals surface area (Å²) in [4.78, 5) is 10.6. The first-order valence-electron chi connectivity index (χ1n) is 6.49. The topological polar surface area (TPSA) is 54.3 Å². The van der Waals surface area contributed by atoms with Gasteiger partial charge in [-0.3, -0.25) is 4.84 Å². The molecule has 4 heteroatoms. The predicted molar refractivity (Wildman–Crippen MR) is 72.1 cm³/mol. The average molecular weight is 245 g/mol. The maximum Gasteiger partial charge on any atom is 0.0926 e. The Morgan fingerprint density at radius 1 is 1.39 bits per heavy atom. The van der Waals surface area contributed by atoms with Crippen molar-refractivity contribution in [3.8, 4) is 0 Å². The van der Waals surface area contributed by atoms with E-state index in [9.17, 15) is 0 Å². The minimum absolute atomic E-state index is 0.216. The number of aromatic amines is 1. The molecule has 1 fully saturated rings. The number of rotatable bonds is 4. The zero-order chi connectivity index (χ0) is 12.4. The van der Waals surface area contributed by atoms with Gasteiger partial charge in [0, 0.05) is 36.7 Å². The number of H-pyrrole nitrogens is 1. The van der Waals surface area contributed by atoms with E-state index in [0.717, 1.165) is 32.5 Å². The van der Waals surface area contributed by atoms with Crippen molar-refractivity contribution in [3.05, 3.63) is 36.0 Å². The molecule has 18 heavy (non-hydrogen) atoms. The highest BCUT2D eigenvalue weighted by atomic mass is 16.6. The summed E-state index contributed by atoms with van der Waals surface area (Å²) in [7, 11) is 0. The van der Waals surface area contributed by atoms with E-state index in [1.165, 1.54) is 16.5 Å². The van der Waals surface area contributed by atoms with Gasteiger partial charge in [0.15, 0.2) is 0 Å². The summed E-state index contributed by atoms with van der Waals surface area (Å²) in [5.41, 5.74) is 2.61. The maximum atomic E-state index is 5.23. The molecule has 1 aliphatic rings. The Kier molecular flexibility index (Phi) is 3.32. The third kappa shape index (κ3) is 2.27. The van der Waals surface area contributed by atoms with Crippen LogP contribution in [0.3, 0.4) is 0 Å². The van der Waals surface area contributed by atoms with Crippen molar-refractivity contribution < 1.29 is 4.84 Å². The highest BCUT2D eigenvalue weighted by Gasteiger charge is 2.22. The van der Waals surface area contributed by atoms with Crippen molar-refractivity contribution in [2.24, 2.45) is 5.90 Å². The Bertz CT molecular complexity index is 522. The van der Waals surface area contributed by atoms with E-state index >= 15 is 0 Å². The Hall–Kier alpha value is -1.36. The molecule has 1 aliphatic heterocycles. The van der Waals surface area contributed by atoms with Crippen LogP contribution in [0.25, 0.3) is 10.9 Å². The number of fused-ring (bicyclic) bond motifs is 1. The molecule has 0 amide bonds. The summed E-state index contributed by atoms with van der Waals surface area (Å²) >= 11 is 0. The second-order valence-electron chi connectivity index (χ2n) is 4.96. The van der Waals surface area contributed by atoms with Crippen molar-refractivity contribution in [1.82, 2.24) is 9.88 Å². The lowest BCUT2D eigenvalue weighted by Gasteiger charge is -2.14. The molecule has 1 atom stereocenters. The van der Waals surface area contributed by atoms with Crippen LogP contribution in [0.5, 0.6) is 0 Å². The third-order valence-electron chi connectivity index (χ3n) is 3.79. The molecule has 0 bridgehead atoms. The van der Waals surface area contributed by atoms with E-state index in [1.54, 1.807) is 0 Å². The molecule has 1 aromatic heterocycles. The molecule has 0 saturated carbocycles. The number of nitrogens with one attached hydrogen (secondary N) is 1. The van der Waals surface area contributed by atoms with Gasteiger partial charge in [-0.25, -0.2) is 5.90 Å². The van der Waals surface area contributed by atoms with E-state index in [4.69, 9.17) is 10.7 Å². The van der Waals surface area contributed by atoms with Crippen LogP contribution < -0.4 is 5.90 Å². The zero-order valence-corrected chi connectivity index (χ0v) is 10.4. The second kappa shape index (κ2) is 5.10. The summed E-state index contributed by atoms with van der Waals surface area (Å²) < 4.78 is 0. The smallest absolute Gasteiger partial charge is 0.0926 e. The largest absolute Gasteiger partial charge is 0.361 e. The maximum absolute atomic E-state index is 5.23. The van der Waals surface area contributed by atoms with Gasteiger partial charge in [0.1, 0.15) is 0 Å². The lowest BCUT2D eigenvalue weighted by molar-refractivity contribution is 0.0596. The monoisotopic (exact) mass is 245 g/mol. The van der Waals surface area contributed by atoms with Crippen LogP contribution in [0.15, 0.2) is 30.5 Å². The van der Waals surface area contributed by atoms with Gasteiger partial charge in [-0.15, -0.1) is 0 Å². The molecule has 1 unspecified atom stereocenters. The number of nitrogens with zero attached hydrogens (tertiary/aromatic N) is 1. The fourth-order valence-corrected chi connectivity index (χ4v) is 2.73. The van der Waals surface area contributed by atoms with Crippen molar-refractivity contribution >= 4 is 10.9 Å². The van der Waals surface area contributed by atoms with Gasteiger partial charge < -0.3 is 9.88 Å². The average Bonchev–Trinajstić information content (AvgIpc) is 3.03. The summed E-state index contributed by atoms with van der Waals surface area (Å²) in [6.07, 6.45) is 4.46. The minimum atomic E-state index is 0.216. The molecule has 96 valence electrons. The molecule has 0 radical (unpaired) electrons. The van der Waals surface area contributed by atoms with Crippen molar-refractivity contribution in [2.45, 2.75) is 18.9 Å². The standard InChI is InChI=1S/C14H19N3O/c15-18-12-6-8-17(10-12)7-5-11-9-16-14-4-2-1-3-13(11)14/h1-4,9,12,16H,5-8,10,15H2. The van der Waals surface area contributed by atoms with Gasteiger partial charge in [-0.05, 0) is 24.5 Å². The Balaban J connectivity index is 1.63. The SMILES string of the molecule is NOC1CCN(CCc2c[nH]c3ccccc23)C1. The number of aromatic nitrogens is 1. The Labute approximate surface area is 107 Å². The number of hydrogen-bond acceptors (Lipinski definition) is 3. The lowest BCUT2D eigenvalue weighted by atomic mass is 10.1. The van der Waals surface area contributed by atoms with Crippen molar-refractivity contribution in [3.63, 3.8) is 0 Å². The predicted octanol–water partition coefficient (Wildman–Crippen LogP) is 1.67. The Morgan fingerprint density at radius 3 is 3.11 bits per heavy atom. The number of hydrogen-bond donors (Lipinski definition) is 2. The van der Waals surface area contributed by atoms with Gasteiger partial charge >= 0.3 is 0 Å². The van der Waals surface area contributed by atoms with Gasteiger partial charge in [-0.1, -0.05) is 18.2 Å². The minimum Gasteiger partial charge on any atom is -0.361 e. The second-order valence-corrected chi connectivity index (χ2v) is 4.96. The first kappa shape index (κ1) is 11.7. The molecule has 1 aromatic carbocycles. The van der Waals surface area contributed by atoms with Gasteiger partial charge in [0.25, 0.3) is 0 Å². The van der Waals surface area contributed by atoms with E-state index in [0.29, 0.717) is 0 Å². The van der Waals surface area contributed by atoms with Crippen LogP contribution in [0.1, 0.15) is 12.0 Å². The van der Waals surface area contributed by atoms with Gasteiger partial charge in [0.05, 0.1) is 6.10 Å². The van der Waals surface area contributed by atoms with Crippen LogP contribution in [0, 0.1) is 0 Å². The molecular formula is C14H19N3O. The fraction of sp³-hybridized carbons (Fsp3) is 0.429. The zero-order valence-electron chi connectivity index (χ0n) is 10.4. The summed E-state index contributed by atoms with van der Waals surface area (Å²) in [5.74, 6) is 5.23. The number of nitrogens with two attached hydrogens (primary N) is 1. The highest BCUT2D eigenvalue weighted by molar-refractivity contribution is 5.83. The first-order chi connectivity index (χ1) is 8.86. The molecule has 3 N–H and O–H groups in total. The molecule has 1 saturated heterocycles. The molecule has 0 aliphatic carbocycles. The highest BCUT2D eigenvalue weighted by Crippen LogP contribution is 2.19. The van der Waals surface area contributed by atoms with E-state index in [1.807, 2.05) is 0 Å². The van der Waals surface area contributed by atoms with E-state index in [2.05, 4.69) is 40.3 Å². The van der Waals surface area contributed by atoms with Gasteiger partial charge in [0.2, 0.25) is 0 Å². The van der Waals surface area contributed by atoms with E-state index < -0.39 is 0 Å². The molecule has 4 nitrogen and oxygen atoms in total. The van der Waals surface area contributed by atoms with Crippen LogP contribution >= 0.6 is 0 Å². The fourth-order valence-electron chi connectivity index (χ4n) is 2.73. The van der Waals surface area contributed by atoms with Crippen molar-refractivity contribution in [1.29, 1.82) is 0 Å². The van der Waals surface area contributed by atoms with Crippen LogP contribution in [-0.2, 0) is 11.3 Å². The molecule has 0 spiro atoms. The van der Waals surface area contributed by atoms with E-state index in [-0.39, 0.29) is 6.10 Å². The molecule has 2 heterocycles. The third-order valence-corrected chi connectivity index (χ3v) is 3.79. The number of benzene rings is 1. The van der Waals surface area contributed by atoms with Crippen LogP contribution in [0.2, 0.25) is 0 Å². The Morgan fingerprint density at radius 2 is 2.28 bits per heavy atom. The number of para-hydroxylation sites is 1. The normalized spacial score (nSPS) is 20.8.